The Labute approximate surface area is 88.2 Å². The number of ether oxygens (including phenoxy) is 1. The van der Waals surface area contributed by atoms with E-state index in [9.17, 15) is 13.6 Å². The molecule has 6 heteroatoms. The zero-order chi connectivity index (χ0) is 11.7. The van der Waals surface area contributed by atoms with Crippen LogP contribution in [-0.2, 0) is 9.53 Å². The van der Waals surface area contributed by atoms with Crippen LogP contribution < -0.4 is 11.1 Å². The lowest BCUT2D eigenvalue weighted by Gasteiger charge is -2.14. The van der Waals surface area contributed by atoms with Crippen LogP contribution in [0.15, 0.2) is 0 Å². The van der Waals surface area contributed by atoms with Gasteiger partial charge in [-0.05, 0) is 19.4 Å². The summed E-state index contributed by atoms with van der Waals surface area (Å²) in [5, 5.41) is 2.91. The standard InChI is InChI=1S/C9H18F2N2O2/c1-2-4-13-7(9(12)14)3-5-15-6-8(10)11/h7-8,13H,2-6H2,1H3,(H2,12,14). The van der Waals surface area contributed by atoms with E-state index >= 15 is 0 Å². The first-order chi connectivity index (χ1) is 7.07. The molecule has 15 heavy (non-hydrogen) atoms. The first kappa shape index (κ1) is 14.2. The van der Waals surface area contributed by atoms with Crippen LogP contribution in [0.3, 0.4) is 0 Å². The summed E-state index contributed by atoms with van der Waals surface area (Å²) >= 11 is 0. The summed E-state index contributed by atoms with van der Waals surface area (Å²) in [6.07, 6.45) is -1.27. The van der Waals surface area contributed by atoms with Crippen LogP contribution in [0.2, 0.25) is 0 Å². The largest absolute Gasteiger partial charge is 0.375 e. The van der Waals surface area contributed by atoms with E-state index in [0.29, 0.717) is 13.0 Å². The third-order valence-electron chi connectivity index (χ3n) is 1.78. The number of halogens is 2. The molecule has 1 unspecified atom stereocenters. The molecule has 0 aromatic rings. The maximum absolute atomic E-state index is 11.7. The van der Waals surface area contributed by atoms with Gasteiger partial charge in [-0.1, -0.05) is 6.92 Å². The predicted molar refractivity (Wildman–Crippen MR) is 52.7 cm³/mol. The molecule has 3 N–H and O–H groups in total. The third-order valence-corrected chi connectivity index (χ3v) is 1.78. The van der Waals surface area contributed by atoms with Gasteiger partial charge in [0.25, 0.3) is 6.43 Å². The molecule has 0 aliphatic carbocycles. The lowest BCUT2D eigenvalue weighted by molar-refractivity contribution is -0.120. The summed E-state index contributed by atoms with van der Waals surface area (Å²) in [4.78, 5) is 10.9. The highest BCUT2D eigenvalue weighted by atomic mass is 19.3. The zero-order valence-electron chi connectivity index (χ0n) is 8.84. The molecule has 0 aromatic carbocycles. The number of carbonyl (C=O) groups is 1. The van der Waals surface area contributed by atoms with Gasteiger partial charge in [0.1, 0.15) is 6.61 Å². The van der Waals surface area contributed by atoms with E-state index in [4.69, 9.17) is 5.73 Å². The third kappa shape index (κ3) is 8.26. The average molecular weight is 224 g/mol. The minimum atomic E-state index is -2.47. The van der Waals surface area contributed by atoms with Gasteiger partial charge < -0.3 is 15.8 Å². The molecule has 0 saturated heterocycles. The number of hydrogen-bond donors (Lipinski definition) is 2. The van der Waals surface area contributed by atoms with E-state index in [1.54, 1.807) is 0 Å². The number of nitrogens with two attached hydrogens (primary N) is 1. The maximum atomic E-state index is 11.7. The van der Waals surface area contributed by atoms with Crippen molar-refractivity contribution in [3.05, 3.63) is 0 Å². The smallest absolute Gasteiger partial charge is 0.261 e. The number of carbonyl (C=O) groups excluding carboxylic acids is 1. The molecule has 0 radical (unpaired) electrons. The van der Waals surface area contributed by atoms with Crippen LogP contribution in [0.5, 0.6) is 0 Å². The number of rotatable bonds is 9. The van der Waals surface area contributed by atoms with Gasteiger partial charge in [0.15, 0.2) is 0 Å². The number of alkyl halides is 2. The minimum Gasteiger partial charge on any atom is -0.375 e. The van der Waals surface area contributed by atoms with Gasteiger partial charge >= 0.3 is 0 Å². The highest BCUT2D eigenvalue weighted by Crippen LogP contribution is 1.96. The van der Waals surface area contributed by atoms with Crippen LogP contribution in [0.4, 0.5) is 8.78 Å². The molecular formula is C9H18F2N2O2. The molecule has 4 nitrogen and oxygen atoms in total. The number of nitrogens with one attached hydrogen (secondary N) is 1. The van der Waals surface area contributed by atoms with Gasteiger partial charge in [0, 0.05) is 6.61 Å². The normalized spacial score (nSPS) is 13.1. The lowest BCUT2D eigenvalue weighted by Crippen LogP contribution is -2.42. The van der Waals surface area contributed by atoms with E-state index in [1.807, 2.05) is 6.92 Å². The van der Waals surface area contributed by atoms with Crippen molar-refractivity contribution in [2.24, 2.45) is 5.73 Å². The van der Waals surface area contributed by atoms with E-state index < -0.39 is 25.0 Å². The second kappa shape index (κ2) is 8.55. The zero-order valence-corrected chi connectivity index (χ0v) is 8.84. The van der Waals surface area contributed by atoms with Gasteiger partial charge in [0.05, 0.1) is 6.04 Å². The summed E-state index contributed by atoms with van der Waals surface area (Å²) in [5.74, 6) is -0.482. The van der Waals surface area contributed by atoms with Crippen LogP contribution in [0.25, 0.3) is 0 Å². The Morgan fingerprint density at radius 2 is 2.20 bits per heavy atom. The molecule has 0 rings (SSSR count). The number of amides is 1. The highest BCUT2D eigenvalue weighted by molar-refractivity contribution is 5.79. The topological polar surface area (TPSA) is 64.3 Å². The first-order valence-electron chi connectivity index (χ1n) is 4.96. The molecule has 0 aliphatic rings. The fraction of sp³-hybridized carbons (Fsp3) is 0.889. The molecule has 0 saturated carbocycles. The summed E-state index contributed by atoms with van der Waals surface area (Å²) in [7, 11) is 0. The van der Waals surface area contributed by atoms with Crippen molar-refractivity contribution in [1.82, 2.24) is 5.32 Å². The summed E-state index contributed by atoms with van der Waals surface area (Å²) in [6, 6.07) is -0.498. The Balaban J connectivity index is 3.62. The van der Waals surface area contributed by atoms with Crippen molar-refractivity contribution in [2.45, 2.75) is 32.2 Å². The molecular weight excluding hydrogens is 206 g/mol. The number of hydrogen-bond acceptors (Lipinski definition) is 3. The summed E-state index contributed by atoms with van der Waals surface area (Å²) in [5.41, 5.74) is 5.11. The quantitative estimate of drug-likeness (QED) is 0.561. The molecule has 90 valence electrons. The molecule has 0 bridgehead atoms. The van der Waals surface area contributed by atoms with Crippen molar-refractivity contribution in [2.75, 3.05) is 19.8 Å². The van der Waals surface area contributed by atoms with Crippen LogP contribution in [-0.4, -0.2) is 38.1 Å². The number of primary amides is 1. The lowest BCUT2D eigenvalue weighted by atomic mass is 10.2. The van der Waals surface area contributed by atoms with Gasteiger partial charge in [-0.2, -0.15) is 0 Å². The van der Waals surface area contributed by atoms with Crippen LogP contribution in [0, 0.1) is 0 Å². The van der Waals surface area contributed by atoms with Gasteiger partial charge in [0.2, 0.25) is 5.91 Å². The Kier molecular flexibility index (Phi) is 8.12. The first-order valence-corrected chi connectivity index (χ1v) is 4.96. The van der Waals surface area contributed by atoms with Crippen LogP contribution >= 0.6 is 0 Å². The summed E-state index contributed by atoms with van der Waals surface area (Å²) in [6.45, 7) is 2.13. The van der Waals surface area contributed by atoms with Gasteiger partial charge in [-0.25, -0.2) is 8.78 Å². The van der Waals surface area contributed by atoms with E-state index in [0.717, 1.165) is 6.42 Å². The fourth-order valence-electron chi connectivity index (χ4n) is 1.04. The average Bonchev–Trinajstić information content (AvgIpc) is 2.15. The van der Waals surface area contributed by atoms with E-state index in [2.05, 4.69) is 10.1 Å². The van der Waals surface area contributed by atoms with E-state index in [1.165, 1.54) is 0 Å². The second-order valence-electron chi connectivity index (χ2n) is 3.16. The Morgan fingerprint density at radius 1 is 1.53 bits per heavy atom. The fourth-order valence-corrected chi connectivity index (χ4v) is 1.04. The molecule has 0 heterocycles. The Hall–Kier alpha value is -0.750. The molecule has 0 fully saturated rings. The van der Waals surface area contributed by atoms with Crippen molar-refractivity contribution in [3.8, 4) is 0 Å². The van der Waals surface area contributed by atoms with Crippen molar-refractivity contribution in [3.63, 3.8) is 0 Å². The molecule has 1 atom stereocenters. The SMILES string of the molecule is CCCNC(CCOCC(F)F)C(N)=O. The minimum absolute atomic E-state index is 0.106. The van der Waals surface area contributed by atoms with Crippen molar-refractivity contribution >= 4 is 5.91 Å². The molecule has 0 spiro atoms. The van der Waals surface area contributed by atoms with Gasteiger partial charge in [-0.3, -0.25) is 4.79 Å². The van der Waals surface area contributed by atoms with Crippen molar-refractivity contribution < 1.29 is 18.3 Å². The molecule has 0 aliphatic heterocycles. The predicted octanol–water partition coefficient (Wildman–Crippen LogP) is 0.512. The van der Waals surface area contributed by atoms with Crippen LogP contribution in [0.1, 0.15) is 19.8 Å². The monoisotopic (exact) mass is 224 g/mol. The molecule has 0 aromatic heterocycles. The summed E-state index contributed by atoms with van der Waals surface area (Å²) < 4.78 is 28.0. The maximum Gasteiger partial charge on any atom is 0.261 e. The van der Waals surface area contributed by atoms with E-state index in [-0.39, 0.29) is 6.61 Å². The van der Waals surface area contributed by atoms with Gasteiger partial charge in [-0.15, -0.1) is 0 Å². The Bertz CT molecular complexity index is 179. The Morgan fingerprint density at radius 3 is 2.67 bits per heavy atom. The second-order valence-corrected chi connectivity index (χ2v) is 3.16. The molecule has 1 amide bonds. The van der Waals surface area contributed by atoms with Crippen molar-refractivity contribution in [1.29, 1.82) is 0 Å². The highest BCUT2D eigenvalue weighted by Gasteiger charge is 2.13.